The molecular formula is C18H22N6O. The Kier molecular flexibility index (Phi) is 3.99. The number of pyridine rings is 1. The molecule has 4 rings (SSSR count). The zero-order valence-electron chi connectivity index (χ0n) is 14.5. The predicted octanol–water partition coefficient (Wildman–Crippen LogP) is 2.69. The number of imidazole rings is 1. The SMILES string of the molecule is CC(C)n1ncc2cc(C(=O)N3CCCC(n4ccnc4)C3)cnc21. The van der Waals surface area contributed by atoms with E-state index in [1.165, 1.54) is 0 Å². The molecule has 1 aliphatic heterocycles. The van der Waals surface area contributed by atoms with Crippen LogP contribution in [0.25, 0.3) is 11.0 Å². The molecule has 3 aromatic heterocycles. The summed E-state index contributed by atoms with van der Waals surface area (Å²) in [5.74, 6) is 0.0384. The maximum Gasteiger partial charge on any atom is 0.255 e. The summed E-state index contributed by atoms with van der Waals surface area (Å²) >= 11 is 0. The number of likely N-dealkylation sites (tertiary alicyclic amines) is 1. The van der Waals surface area contributed by atoms with Crippen LogP contribution in [0.15, 0.2) is 37.2 Å². The molecule has 130 valence electrons. The van der Waals surface area contributed by atoms with Crippen molar-refractivity contribution >= 4 is 16.9 Å². The van der Waals surface area contributed by atoms with Crippen LogP contribution < -0.4 is 0 Å². The van der Waals surface area contributed by atoms with Crippen molar-refractivity contribution in [2.45, 2.75) is 38.8 Å². The Morgan fingerprint density at radius 2 is 2.20 bits per heavy atom. The van der Waals surface area contributed by atoms with Crippen molar-refractivity contribution in [2.24, 2.45) is 0 Å². The van der Waals surface area contributed by atoms with Gasteiger partial charge in [0.05, 0.1) is 24.1 Å². The van der Waals surface area contributed by atoms with E-state index in [1.54, 1.807) is 18.6 Å². The number of rotatable bonds is 3. The van der Waals surface area contributed by atoms with Crippen LogP contribution in [0.2, 0.25) is 0 Å². The summed E-state index contributed by atoms with van der Waals surface area (Å²) in [5, 5.41) is 5.28. The van der Waals surface area contributed by atoms with Crippen molar-refractivity contribution in [3.05, 3.63) is 42.7 Å². The smallest absolute Gasteiger partial charge is 0.255 e. The molecule has 1 amide bonds. The maximum atomic E-state index is 12.9. The first-order valence-electron chi connectivity index (χ1n) is 8.73. The highest BCUT2D eigenvalue weighted by Crippen LogP contribution is 2.23. The van der Waals surface area contributed by atoms with E-state index in [0.717, 1.165) is 30.4 Å². The van der Waals surface area contributed by atoms with Crippen molar-refractivity contribution in [1.82, 2.24) is 29.2 Å². The summed E-state index contributed by atoms with van der Waals surface area (Å²) in [6.45, 7) is 5.63. The van der Waals surface area contributed by atoms with Gasteiger partial charge in [0, 0.05) is 43.1 Å². The highest BCUT2D eigenvalue weighted by Gasteiger charge is 2.25. The van der Waals surface area contributed by atoms with Crippen LogP contribution in [0.4, 0.5) is 0 Å². The van der Waals surface area contributed by atoms with Gasteiger partial charge in [-0.15, -0.1) is 0 Å². The molecule has 0 radical (unpaired) electrons. The summed E-state index contributed by atoms with van der Waals surface area (Å²) in [4.78, 5) is 23.5. The van der Waals surface area contributed by atoms with E-state index < -0.39 is 0 Å². The molecule has 1 fully saturated rings. The van der Waals surface area contributed by atoms with Crippen molar-refractivity contribution in [2.75, 3.05) is 13.1 Å². The van der Waals surface area contributed by atoms with Crippen LogP contribution in [0, 0.1) is 0 Å². The fourth-order valence-corrected chi connectivity index (χ4v) is 3.49. The molecule has 1 aliphatic rings. The van der Waals surface area contributed by atoms with E-state index in [1.807, 2.05) is 28.2 Å². The first-order valence-corrected chi connectivity index (χ1v) is 8.73. The molecular weight excluding hydrogens is 316 g/mol. The molecule has 0 N–H and O–H groups in total. The highest BCUT2D eigenvalue weighted by atomic mass is 16.2. The molecule has 1 atom stereocenters. The number of hydrogen-bond donors (Lipinski definition) is 0. The predicted molar refractivity (Wildman–Crippen MR) is 94.3 cm³/mol. The van der Waals surface area contributed by atoms with Crippen LogP contribution in [0.5, 0.6) is 0 Å². The standard InChI is InChI=1S/C18H22N6O/c1-13(2)24-17-14(10-21-24)8-15(9-20-17)18(25)22-6-3-4-16(11-22)23-7-5-19-12-23/h5,7-10,12-13,16H,3-4,6,11H2,1-2H3. The Hall–Kier alpha value is -2.70. The first kappa shape index (κ1) is 15.8. The molecule has 0 spiro atoms. The lowest BCUT2D eigenvalue weighted by Gasteiger charge is -2.33. The van der Waals surface area contributed by atoms with Gasteiger partial charge < -0.3 is 9.47 Å². The minimum Gasteiger partial charge on any atom is -0.337 e. The number of amides is 1. The molecule has 25 heavy (non-hydrogen) atoms. The molecule has 3 aromatic rings. The fraction of sp³-hybridized carbons (Fsp3) is 0.444. The molecule has 0 aliphatic carbocycles. The Labute approximate surface area is 146 Å². The summed E-state index contributed by atoms with van der Waals surface area (Å²) in [6.07, 6.45) is 11.1. The Morgan fingerprint density at radius 1 is 1.32 bits per heavy atom. The van der Waals surface area contributed by atoms with Gasteiger partial charge >= 0.3 is 0 Å². The van der Waals surface area contributed by atoms with Gasteiger partial charge in [0.1, 0.15) is 0 Å². The molecule has 0 aromatic carbocycles. The number of hydrogen-bond acceptors (Lipinski definition) is 4. The number of nitrogens with zero attached hydrogens (tertiary/aromatic N) is 6. The van der Waals surface area contributed by atoms with Gasteiger partial charge in [0.15, 0.2) is 5.65 Å². The Morgan fingerprint density at radius 3 is 2.96 bits per heavy atom. The van der Waals surface area contributed by atoms with E-state index in [4.69, 9.17) is 0 Å². The van der Waals surface area contributed by atoms with Crippen LogP contribution >= 0.6 is 0 Å². The Balaban J connectivity index is 1.57. The van der Waals surface area contributed by atoms with Crippen LogP contribution in [0.1, 0.15) is 49.1 Å². The average molecular weight is 338 g/mol. The molecule has 1 saturated heterocycles. The third-order valence-corrected chi connectivity index (χ3v) is 4.80. The van der Waals surface area contributed by atoms with Crippen LogP contribution in [0.3, 0.4) is 0 Å². The number of carbonyl (C=O) groups is 1. The minimum atomic E-state index is 0.0384. The quantitative estimate of drug-likeness (QED) is 0.736. The highest BCUT2D eigenvalue weighted by molar-refractivity contribution is 5.96. The number of carbonyl (C=O) groups excluding carboxylic acids is 1. The fourth-order valence-electron chi connectivity index (χ4n) is 3.49. The monoisotopic (exact) mass is 338 g/mol. The van der Waals surface area contributed by atoms with Gasteiger partial charge in [-0.3, -0.25) is 4.79 Å². The molecule has 0 saturated carbocycles. The summed E-state index contributed by atoms with van der Waals surface area (Å²) in [6, 6.07) is 2.43. The van der Waals surface area contributed by atoms with Gasteiger partial charge in [0.25, 0.3) is 5.91 Å². The van der Waals surface area contributed by atoms with Crippen molar-refractivity contribution in [1.29, 1.82) is 0 Å². The summed E-state index contributed by atoms with van der Waals surface area (Å²) < 4.78 is 3.97. The van der Waals surface area contributed by atoms with Gasteiger partial charge in [-0.25, -0.2) is 14.6 Å². The van der Waals surface area contributed by atoms with Crippen molar-refractivity contribution in [3.63, 3.8) is 0 Å². The second kappa shape index (κ2) is 6.31. The largest absolute Gasteiger partial charge is 0.337 e. The van der Waals surface area contributed by atoms with Crippen molar-refractivity contribution in [3.8, 4) is 0 Å². The molecule has 0 bridgehead atoms. The van der Waals surface area contributed by atoms with Gasteiger partial charge in [-0.2, -0.15) is 5.10 Å². The third-order valence-electron chi connectivity index (χ3n) is 4.80. The molecule has 4 heterocycles. The zero-order chi connectivity index (χ0) is 17.4. The van der Waals surface area contributed by atoms with Crippen LogP contribution in [-0.4, -0.2) is 48.2 Å². The molecule has 7 heteroatoms. The second-order valence-electron chi connectivity index (χ2n) is 6.88. The maximum absolute atomic E-state index is 12.9. The summed E-state index contributed by atoms with van der Waals surface area (Å²) in [5.41, 5.74) is 1.45. The third kappa shape index (κ3) is 2.90. The van der Waals surface area contributed by atoms with Gasteiger partial charge in [0.2, 0.25) is 0 Å². The molecule has 7 nitrogen and oxygen atoms in total. The van der Waals surface area contributed by atoms with Crippen LogP contribution in [-0.2, 0) is 0 Å². The van der Waals surface area contributed by atoms with E-state index >= 15 is 0 Å². The minimum absolute atomic E-state index is 0.0384. The number of aromatic nitrogens is 5. The number of piperidine rings is 1. The van der Waals surface area contributed by atoms with Gasteiger partial charge in [-0.1, -0.05) is 0 Å². The Bertz CT molecular complexity index is 882. The topological polar surface area (TPSA) is 68.8 Å². The lowest BCUT2D eigenvalue weighted by Crippen LogP contribution is -2.40. The van der Waals surface area contributed by atoms with Crippen molar-refractivity contribution < 1.29 is 4.79 Å². The van der Waals surface area contributed by atoms with E-state index in [2.05, 4.69) is 33.5 Å². The lowest BCUT2D eigenvalue weighted by atomic mass is 10.0. The average Bonchev–Trinajstić information content (AvgIpc) is 3.30. The summed E-state index contributed by atoms with van der Waals surface area (Å²) in [7, 11) is 0. The second-order valence-corrected chi connectivity index (χ2v) is 6.88. The van der Waals surface area contributed by atoms with E-state index in [9.17, 15) is 4.79 Å². The zero-order valence-corrected chi connectivity index (χ0v) is 14.5. The molecule has 1 unspecified atom stereocenters. The number of fused-ring (bicyclic) bond motifs is 1. The van der Waals surface area contributed by atoms with Gasteiger partial charge in [-0.05, 0) is 32.8 Å². The lowest BCUT2D eigenvalue weighted by molar-refractivity contribution is 0.0679. The first-order chi connectivity index (χ1) is 12.1. The normalized spacial score (nSPS) is 18.2. The van der Waals surface area contributed by atoms with E-state index in [0.29, 0.717) is 18.2 Å². The van der Waals surface area contributed by atoms with E-state index in [-0.39, 0.29) is 11.9 Å².